The topological polar surface area (TPSA) is 69.8 Å². The number of nitrogens with zero attached hydrogens (tertiary/aromatic N) is 4. The van der Waals surface area contributed by atoms with Gasteiger partial charge in [-0.2, -0.15) is 4.37 Å². The molecule has 1 saturated carbocycles. The third kappa shape index (κ3) is 2.77. The number of rotatable bonds is 4. The summed E-state index contributed by atoms with van der Waals surface area (Å²) < 4.78 is 21.4. The van der Waals surface area contributed by atoms with Gasteiger partial charge in [-0.15, -0.1) is 0 Å². The minimum atomic E-state index is -0.387. The van der Waals surface area contributed by atoms with Gasteiger partial charge in [0, 0.05) is 12.2 Å². The average molecular weight is 394 g/mol. The van der Waals surface area contributed by atoms with Gasteiger partial charge in [-0.1, -0.05) is 18.2 Å². The highest BCUT2D eigenvalue weighted by molar-refractivity contribution is 7.13. The highest BCUT2D eigenvalue weighted by atomic mass is 32.1. The van der Waals surface area contributed by atoms with Crippen LogP contribution in [0, 0.1) is 5.82 Å². The fraction of sp³-hybridized carbons (Fsp3) is 0.200. The van der Waals surface area contributed by atoms with Crippen molar-refractivity contribution in [3.05, 3.63) is 80.9 Å². The van der Waals surface area contributed by atoms with E-state index in [-0.39, 0.29) is 29.7 Å². The van der Waals surface area contributed by atoms with Crippen molar-refractivity contribution in [2.45, 2.75) is 25.4 Å². The average Bonchev–Trinajstić information content (AvgIpc) is 3.43. The minimum absolute atomic E-state index is 0.0661. The zero-order chi connectivity index (χ0) is 19.3. The Kier molecular flexibility index (Phi) is 3.94. The zero-order valence-electron chi connectivity index (χ0n) is 14.7. The Balaban J connectivity index is 1.81. The van der Waals surface area contributed by atoms with Crippen LogP contribution in [0.5, 0.6) is 0 Å². The molecule has 28 heavy (non-hydrogen) atoms. The molecule has 3 aromatic heterocycles. The van der Waals surface area contributed by atoms with Crippen molar-refractivity contribution in [1.29, 1.82) is 0 Å². The quantitative estimate of drug-likeness (QED) is 0.533. The molecule has 5 rings (SSSR count). The van der Waals surface area contributed by atoms with Crippen molar-refractivity contribution < 1.29 is 4.39 Å². The van der Waals surface area contributed by atoms with E-state index in [2.05, 4.69) is 9.36 Å². The monoisotopic (exact) mass is 394 g/mol. The summed E-state index contributed by atoms with van der Waals surface area (Å²) in [5.41, 5.74) is 1.49. The van der Waals surface area contributed by atoms with Crippen LogP contribution in [0.2, 0.25) is 0 Å². The molecule has 4 aromatic rings. The van der Waals surface area contributed by atoms with Gasteiger partial charge in [-0.05, 0) is 54.2 Å². The van der Waals surface area contributed by atoms with E-state index < -0.39 is 0 Å². The first-order valence-corrected chi connectivity index (χ1v) is 9.71. The molecular weight excluding hydrogens is 379 g/mol. The predicted octanol–water partition coefficient (Wildman–Crippen LogP) is 3.20. The van der Waals surface area contributed by atoms with Gasteiger partial charge in [0.1, 0.15) is 16.2 Å². The highest BCUT2D eigenvalue weighted by Gasteiger charge is 2.30. The van der Waals surface area contributed by atoms with Gasteiger partial charge in [0.15, 0.2) is 0 Å². The number of halogens is 1. The summed E-state index contributed by atoms with van der Waals surface area (Å²) >= 11 is 1.07. The van der Waals surface area contributed by atoms with E-state index in [1.165, 1.54) is 21.3 Å². The number of fused-ring (bicyclic) bond motifs is 1. The summed E-state index contributed by atoms with van der Waals surface area (Å²) in [4.78, 5) is 30.5. The summed E-state index contributed by atoms with van der Waals surface area (Å²) in [7, 11) is 0. The summed E-state index contributed by atoms with van der Waals surface area (Å²) in [6, 6.07) is 11.5. The summed E-state index contributed by atoms with van der Waals surface area (Å²) in [6.45, 7) is 0.151. The lowest BCUT2D eigenvalue weighted by Crippen LogP contribution is -2.39. The SMILES string of the molecule is O=c1c2snc(-c3ccccn3)c2n(Cc2cccc(F)c2)c(=O)n1C1CC1. The lowest BCUT2D eigenvalue weighted by molar-refractivity contribution is 0.601. The van der Waals surface area contributed by atoms with E-state index in [0.29, 0.717) is 27.2 Å². The second kappa shape index (κ2) is 6.49. The van der Waals surface area contributed by atoms with Gasteiger partial charge in [-0.25, -0.2) is 9.18 Å². The molecular formula is C20H15FN4O2S. The Morgan fingerprint density at radius 2 is 2.00 bits per heavy atom. The molecule has 140 valence electrons. The lowest BCUT2D eigenvalue weighted by Gasteiger charge is -2.12. The molecule has 1 aliphatic carbocycles. The predicted molar refractivity (Wildman–Crippen MR) is 105 cm³/mol. The molecule has 1 aliphatic rings. The maximum Gasteiger partial charge on any atom is 0.332 e. The molecule has 0 bridgehead atoms. The number of pyridine rings is 1. The van der Waals surface area contributed by atoms with Gasteiger partial charge >= 0.3 is 5.69 Å². The third-order valence-corrected chi connectivity index (χ3v) is 5.66. The van der Waals surface area contributed by atoms with Crippen LogP contribution in [-0.2, 0) is 6.54 Å². The maximum atomic E-state index is 13.7. The Labute approximate surface area is 162 Å². The molecule has 0 amide bonds. The molecule has 1 fully saturated rings. The van der Waals surface area contributed by atoms with E-state index in [0.717, 1.165) is 24.4 Å². The van der Waals surface area contributed by atoms with Crippen molar-refractivity contribution in [1.82, 2.24) is 18.5 Å². The van der Waals surface area contributed by atoms with Crippen molar-refractivity contribution in [3.63, 3.8) is 0 Å². The van der Waals surface area contributed by atoms with Crippen LogP contribution in [0.3, 0.4) is 0 Å². The lowest BCUT2D eigenvalue weighted by atomic mass is 10.2. The number of aromatic nitrogens is 4. The van der Waals surface area contributed by atoms with E-state index in [9.17, 15) is 14.0 Å². The molecule has 8 heteroatoms. The van der Waals surface area contributed by atoms with Gasteiger partial charge in [0.05, 0.1) is 17.8 Å². The molecule has 6 nitrogen and oxygen atoms in total. The summed E-state index contributed by atoms with van der Waals surface area (Å²) in [6.07, 6.45) is 3.26. The molecule has 3 heterocycles. The normalized spacial score (nSPS) is 13.9. The van der Waals surface area contributed by atoms with Gasteiger partial charge in [0.25, 0.3) is 5.56 Å². The number of hydrogen-bond acceptors (Lipinski definition) is 5. The molecule has 0 radical (unpaired) electrons. The smallest absolute Gasteiger partial charge is 0.286 e. The molecule has 0 aliphatic heterocycles. The first-order valence-electron chi connectivity index (χ1n) is 8.94. The molecule has 0 saturated heterocycles. The van der Waals surface area contributed by atoms with Crippen LogP contribution in [0.15, 0.2) is 58.3 Å². The van der Waals surface area contributed by atoms with Crippen molar-refractivity contribution in [2.24, 2.45) is 0 Å². The zero-order valence-corrected chi connectivity index (χ0v) is 15.5. The van der Waals surface area contributed by atoms with Crippen LogP contribution >= 0.6 is 11.5 Å². The molecule has 0 atom stereocenters. The Morgan fingerprint density at radius 1 is 1.14 bits per heavy atom. The molecule has 1 aromatic carbocycles. The molecule has 0 spiro atoms. The fourth-order valence-electron chi connectivity index (χ4n) is 3.39. The highest BCUT2D eigenvalue weighted by Crippen LogP contribution is 2.34. The minimum Gasteiger partial charge on any atom is -0.286 e. The number of benzene rings is 1. The van der Waals surface area contributed by atoms with Crippen LogP contribution in [0.1, 0.15) is 24.4 Å². The summed E-state index contributed by atoms with van der Waals surface area (Å²) in [5.74, 6) is -0.370. The largest absolute Gasteiger partial charge is 0.332 e. The standard InChI is InChI=1S/C20H15FN4O2S/c21-13-5-3-4-12(10-13)11-24-17-16(15-6-1-2-9-22-15)23-28-18(17)19(26)25(20(24)27)14-7-8-14/h1-6,9-10,14H,7-8,11H2. The van der Waals surface area contributed by atoms with Crippen molar-refractivity contribution in [2.75, 3.05) is 0 Å². The van der Waals surface area contributed by atoms with Crippen LogP contribution in [-0.4, -0.2) is 18.5 Å². The van der Waals surface area contributed by atoms with Crippen LogP contribution in [0.25, 0.3) is 21.6 Å². The van der Waals surface area contributed by atoms with Gasteiger partial charge in [-0.3, -0.25) is 18.9 Å². The summed E-state index contributed by atoms with van der Waals surface area (Å²) in [5, 5.41) is 0. The first kappa shape index (κ1) is 17.0. The second-order valence-corrected chi connectivity index (χ2v) is 7.60. The van der Waals surface area contributed by atoms with Crippen LogP contribution < -0.4 is 11.2 Å². The van der Waals surface area contributed by atoms with Crippen LogP contribution in [0.4, 0.5) is 4.39 Å². The van der Waals surface area contributed by atoms with Crippen molar-refractivity contribution in [3.8, 4) is 11.4 Å². The maximum absolute atomic E-state index is 13.7. The molecule has 0 N–H and O–H groups in total. The first-order chi connectivity index (χ1) is 13.6. The van der Waals surface area contributed by atoms with Crippen molar-refractivity contribution >= 4 is 21.7 Å². The fourth-order valence-corrected chi connectivity index (χ4v) is 4.22. The van der Waals surface area contributed by atoms with Gasteiger partial charge in [0.2, 0.25) is 0 Å². The van der Waals surface area contributed by atoms with Gasteiger partial charge < -0.3 is 0 Å². The van der Waals surface area contributed by atoms with E-state index >= 15 is 0 Å². The second-order valence-electron chi connectivity index (χ2n) is 6.83. The Morgan fingerprint density at radius 3 is 2.71 bits per heavy atom. The Bertz CT molecular complexity index is 1310. The van der Waals surface area contributed by atoms with E-state index in [4.69, 9.17) is 0 Å². The number of hydrogen-bond donors (Lipinski definition) is 0. The van der Waals surface area contributed by atoms with E-state index in [1.807, 2.05) is 6.07 Å². The molecule has 0 unspecified atom stereocenters. The van der Waals surface area contributed by atoms with E-state index in [1.54, 1.807) is 30.5 Å². The Hall–Kier alpha value is -3.13. The third-order valence-electron chi connectivity index (χ3n) is 4.84.